The van der Waals surface area contributed by atoms with Crippen molar-refractivity contribution in [3.63, 3.8) is 0 Å². The van der Waals surface area contributed by atoms with Crippen molar-refractivity contribution < 1.29 is 9.59 Å². The maximum Gasteiger partial charge on any atom is 0.246 e. The molecule has 2 amide bonds. The Morgan fingerprint density at radius 3 is 2.27 bits per heavy atom. The third kappa shape index (κ3) is 4.92. The number of carbonyl (C=O) groups is 2. The molecule has 0 saturated heterocycles. The van der Waals surface area contributed by atoms with Gasteiger partial charge in [-0.25, -0.2) is 0 Å². The third-order valence-corrected chi connectivity index (χ3v) is 4.34. The molecule has 1 N–H and O–H groups in total. The molecule has 0 spiro atoms. The minimum absolute atomic E-state index is 0.0482. The smallest absolute Gasteiger partial charge is 0.246 e. The van der Waals surface area contributed by atoms with Crippen molar-refractivity contribution in [3.05, 3.63) is 65.2 Å². The Labute approximate surface area is 155 Å². The Morgan fingerprint density at radius 2 is 1.65 bits per heavy atom. The molecule has 0 aliphatic heterocycles. The Balaban J connectivity index is 2.29. The largest absolute Gasteiger partial charge is 0.348 e. The van der Waals surface area contributed by atoms with Gasteiger partial charge in [-0.05, 0) is 43.7 Å². The molecule has 2 aromatic rings. The molecule has 0 unspecified atom stereocenters. The van der Waals surface area contributed by atoms with E-state index in [1.54, 1.807) is 26.0 Å². The summed E-state index contributed by atoms with van der Waals surface area (Å²) in [5.41, 5.74) is 3.73. The van der Waals surface area contributed by atoms with E-state index in [-0.39, 0.29) is 18.4 Å². The first-order chi connectivity index (χ1) is 12.3. The molecule has 0 fully saturated rings. The van der Waals surface area contributed by atoms with Gasteiger partial charge in [0.1, 0.15) is 6.04 Å². The van der Waals surface area contributed by atoms with Crippen molar-refractivity contribution in [2.24, 2.45) is 0 Å². The summed E-state index contributed by atoms with van der Waals surface area (Å²) in [5.74, 6) is -0.202. The second kappa shape index (κ2) is 8.63. The lowest BCUT2D eigenvalue weighted by molar-refractivity contribution is -0.131. The molecule has 2 aromatic carbocycles. The lowest BCUT2D eigenvalue weighted by atomic mass is 10.0. The van der Waals surface area contributed by atoms with E-state index in [2.05, 4.69) is 5.32 Å². The van der Waals surface area contributed by atoms with E-state index in [4.69, 9.17) is 0 Å². The summed E-state index contributed by atoms with van der Waals surface area (Å²) in [4.78, 5) is 28.5. The van der Waals surface area contributed by atoms with Gasteiger partial charge in [0, 0.05) is 19.8 Å². The standard InChI is InChI=1S/C21H27N3O2/c1-15-11-12-16(2)18(13-15)22-21(26)20(17-9-7-6-8-10-17)24(5)14-19(25)23(3)4/h6-13,20H,14H2,1-5H3,(H,22,26)/t20-/m0/s1. The zero-order valence-corrected chi connectivity index (χ0v) is 16.1. The van der Waals surface area contributed by atoms with Crippen LogP contribution in [0.25, 0.3) is 0 Å². The molecule has 0 aliphatic carbocycles. The molecule has 5 heteroatoms. The molecule has 2 rings (SSSR count). The minimum atomic E-state index is -0.556. The maximum absolute atomic E-state index is 13.1. The maximum atomic E-state index is 13.1. The molecule has 1 atom stereocenters. The number of anilines is 1. The summed E-state index contributed by atoms with van der Waals surface area (Å²) >= 11 is 0. The summed E-state index contributed by atoms with van der Waals surface area (Å²) in [7, 11) is 5.22. The number of nitrogens with one attached hydrogen (secondary N) is 1. The van der Waals surface area contributed by atoms with Crippen molar-refractivity contribution in [3.8, 4) is 0 Å². The zero-order chi connectivity index (χ0) is 19.3. The van der Waals surface area contributed by atoms with Crippen LogP contribution in [0.4, 0.5) is 5.69 Å². The van der Waals surface area contributed by atoms with Crippen molar-refractivity contribution in [1.82, 2.24) is 9.80 Å². The average Bonchev–Trinajstić information content (AvgIpc) is 2.59. The fourth-order valence-electron chi connectivity index (χ4n) is 2.76. The predicted octanol–water partition coefficient (Wildman–Crippen LogP) is 3.00. The minimum Gasteiger partial charge on any atom is -0.348 e. The van der Waals surface area contributed by atoms with Gasteiger partial charge in [-0.1, -0.05) is 42.5 Å². The lowest BCUT2D eigenvalue weighted by Crippen LogP contribution is -2.41. The highest BCUT2D eigenvalue weighted by molar-refractivity contribution is 5.96. The summed E-state index contributed by atoms with van der Waals surface area (Å²) < 4.78 is 0. The van der Waals surface area contributed by atoms with Crippen LogP contribution in [0.1, 0.15) is 22.7 Å². The van der Waals surface area contributed by atoms with Crippen LogP contribution in [0.5, 0.6) is 0 Å². The number of hydrogen-bond donors (Lipinski definition) is 1. The van der Waals surface area contributed by atoms with Gasteiger partial charge in [0.2, 0.25) is 11.8 Å². The van der Waals surface area contributed by atoms with Gasteiger partial charge in [-0.3, -0.25) is 14.5 Å². The van der Waals surface area contributed by atoms with Gasteiger partial charge >= 0.3 is 0 Å². The summed E-state index contributed by atoms with van der Waals surface area (Å²) in [6.07, 6.45) is 0. The molecule has 26 heavy (non-hydrogen) atoms. The normalized spacial score (nSPS) is 11.9. The van der Waals surface area contributed by atoms with Crippen LogP contribution in [0.3, 0.4) is 0 Å². The second-order valence-electron chi connectivity index (χ2n) is 6.82. The van der Waals surface area contributed by atoms with Crippen molar-refractivity contribution in [2.45, 2.75) is 19.9 Å². The van der Waals surface area contributed by atoms with E-state index in [1.807, 2.05) is 62.4 Å². The van der Waals surface area contributed by atoms with Gasteiger partial charge in [-0.2, -0.15) is 0 Å². The van der Waals surface area contributed by atoms with Crippen LogP contribution in [0, 0.1) is 13.8 Å². The van der Waals surface area contributed by atoms with Crippen LogP contribution >= 0.6 is 0 Å². The van der Waals surface area contributed by atoms with Crippen molar-refractivity contribution in [2.75, 3.05) is 33.0 Å². The molecule has 0 saturated carbocycles. The van der Waals surface area contributed by atoms with Crippen LogP contribution < -0.4 is 5.32 Å². The van der Waals surface area contributed by atoms with E-state index >= 15 is 0 Å². The fourth-order valence-corrected chi connectivity index (χ4v) is 2.76. The van der Waals surface area contributed by atoms with E-state index in [1.165, 1.54) is 4.90 Å². The van der Waals surface area contributed by atoms with Crippen molar-refractivity contribution in [1.29, 1.82) is 0 Å². The molecule has 138 valence electrons. The molecule has 0 heterocycles. The molecular formula is C21H27N3O2. The highest BCUT2D eigenvalue weighted by Gasteiger charge is 2.27. The molecule has 0 radical (unpaired) electrons. The van der Waals surface area contributed by atoms with Crippen LogP contribution in [0.2, 0.25) is 0 Å². The molecule has 5 nitrogen and oxygen atoms in total. The number of hydrogen-bond acceptors (Lipinski definition) is 3. The molecule has 0 aromatic heterocycles. The van der Waals surface area contributed by atoms with E-state index in [9.17, 15) is 9.59 Å². The van der Waals surface area contributed by atoms with E-state index in [0.29, 0.717) is 0 Å². The van der Waals surface area contributed by atoms with Gasteiger partial charge in [0.15, 0.2) is 0 Å². The Kier molecular flexibility index (Phi) is 6.52. The van der Waals surface area contributed by atoms with Gasteiger partial charge in [-0.15, -0.1) is 0 Å². The zero-order valence-electron chi connectivity index (χ0n) is 16.1. The van der Waals surface area contributed by atoms with Crippen LogP contribution in [0.15, 0.2) is 48.5 Å². The first-order valence-electron chi connectivity index (χ1n) is 8.63. The SMILES string of the molecule is Cc1ccc(C)c(NC(=O)[C@H](c2ccccc2)N(C)CC(=O)N(C)C)c1. The Morgan fingerprint density at radius 1 is 1.00 bits per heavy atom. The fraction of sp³-hybridized carbons (Fsp3) is 0.333. The third-order valence-electron chi connectivity index (χ3n) is 4.34. The lowest BCUT2D eigenvalue weighted by Gasteiger charge is -2.28. The average molecular weight is 353 g/mol. The number of likely N-dealkylation sites (N-methyl/N-ethyl adjacent to an activating group) is 2. The predicted molar refractivity (Wildman–Crippen MR) is 105 cm³/mol. The molecular weight excluding hydrogens is 326 g/mol. The summed E-state index contributed by atoms with van der Waals surface area (Å²) in [5, 5.41) is 3.03. The van der Waals surface area contributed by atoms with Gasteiger partial charge < -0.3 is 10.2 Å². The summed E-state index contributed by atoms with van der Waals surface area (Å²) in [6, 6.07) is 14.9. The highest BCUT2D eigenvalue weighted by atomic mass is 16.2. The Bertz CT molecular complexity index is 772. The number of rotatable bonds is 6. The molecule has 0 bridgehead atoms. The summed E-state index contributed by atoms with van der Waals surface area (Å²) in [6.45, 7) is 4.12. The highest BCUT2D eigenvalue weighted by Crippen LogP contribution is 2.23. The second-order valence-corrected chi connectivity index (χ2v) is 6.82. The van der Waals surface area contributed by atoms with E-state index in [0.717, 1.165) is 22.4 Å². The first-order valence-corrected chi connectivity index (χ1v) is 8.63. The monoisotopic (exact) mass is 353 g/mol. The van der Waals surface area contributed by atoms with Gasteiger partial charge in [0.25, 0.3) is 0 Å². The number of nitrogens with zero attached hydrogens (tertiary/aromatic N) is 2. The van der Waals surface area contributed by atoms with Crippen LogP contribution in [-0.2, 0) is 9.59 Å². The topological polar surface area (TPSA) is 52.7 Å². The number of benzene rings is 2. The van der Waals surface area contributed by atoms with Crippen LogP contribution in [-0.4, -0.2) is 49.3 Å². The number of aryl methyl sites for hydroxylation is 2. The number of carbonyl (C=O) groups excluding carboxylic acids is 2. The molecule has 0 aliphatic rings. The van der Waals surface area contributed by atoms with E-state index < -0.39 is 6.04 Å². The van der Waals surface area contributed by atoms with Crippen molar-refractivity contribution >= 4 is 17.5 Å². The Hall–Kier alpha value is -2.66. The number of amides is 2. The quantitative estimate of drug-likeness (QED) is 0.869. The first kappa shape index (κ1) is 19.7. The van der Waals surface area contributed by atoms with Gasteiger partial charge in [0.05, 0.1) is 6.54 Å².